The third-order valence-corrected chi connectivity index (χ3v) is 7.50. The quantitative estimate of drug-likeness (QED) is 0.283. The number of anilines is 1. The fraction of sp³-hybridized carbons (Fsp3) is 0.312. The number of aromatic amines is 1. The summed E-state index contributed by atoms with van der Waals surface area (Å²) >= 11 is 0. The van der Waals surface area contributed by atoms with Crippen molar-refractivity contribution in [3.63, 3.8) is 0 Å². The molecule has 0 radical (unpaired) electrons. The number of rotatable bonds is 9. The summed E-state index contributed by atoms with van der Waals surface area (Å²) in [4.78, 5) is 33.2. The Kier molecular flexibility index (Phi) is 8.16. The summed E-state index contributed by atoms with van der Waals surface area (Å²) in [5, 5.41) is 4.26. The number of methoxy groups -OCH3 is 2. The molecule has 1 atom stereocenters. The third kappa shape index (κ3) is 5.93. The molecule has 7 nitrogen and oxygen atoms in total. The minimum absolute atomic E-state index is 0.0980. The van der Waals surface area contributed by atoms with Gasteiger partial charge in [0.05, 0.1) is 20.6 Å². The zero-order valence-corrected chi connectivity index (χ0v) is 22.5. The van der Waals surface area contributed by atoms with E-state index in [0.717, 1.165) is 42.1 Å². The molecule has 1 heterocycles. The molecular weight excluding hydrogens is 490 g/mol. The van der Waals surface area contributed by atoms with Crippen LogP contribution in [0.1, 0.15) is 49.3 Å². The second-order valence-corrected chi connectivity index (χ2v) is 10.0. The average molecular weight is 526 g/mol. The highest BCUT2D eigenvalue weighted by Gasteiger charge is 2.34. The van der Waals surface area contributed by atoms with Crippen molar-refractivity contribution >= 4 is 28.4 Å². The van der Waals surface area contributed by atoms with Gasteiger partial charge in [0.25, 0.3) is 0 Å². The first-order valence-corrected chi connectivity index (χ1v) is 13.5. The van der Waals surface area contributed by atoms with E-state index in [1.54, 1.807) is 19.1 Å². The minimum atomic E-state index is -0.881. The van der Waals surface area contributed by atoms with Crippen molar-refractivity contribution < 1.29 is 19.1 Å². The Morgan fingerprint density at radius 2 is 1.67 bits per heavy atom. The molecule has 7 heteroatoms. The molecule has 0 spiro atoms. The van der Waals surface area contributed by atoms with Crippen LogP contribution in [-0.4, -0.2) is 37.1 Å². The molecule has 2 amide bonds. The maximum absolute atomic E-state index is 14.2. The van der Waals surface area contributed by atoms with E-state index in [1.165, 1.54) is 6.42 Å². The van der Waals surface area contributed by atoms with E-state index in [1.807, 2.05) is 79.0 Å². The fourth-order valence-electron chi connectivity index (χ4n) is 5.46. The van der Waals surface area contributed by atoms with Gasteiger partial charge in [0.2, 0.25) is 11.8 Å². The van der Waals surface area contributed by atoms with Crippen LogP contribution in [0.4, 0.5) is 5.69 Å². The van der Waals surface area contributed by atoms with Gasteiger partial charge in [0.15, 0.2) is 0 Å². The highest BCUT2D eigenvalue weighted by Crippen LogP contribution is 2.33. The fourth-order valence-corrected chi connectivity index (χ4v) is 5.46. The zero-order chi connectivity index (χ0) is 27.2. The third-order valence-electron chi connectivity index (χ3n) is 7.50. The van der Waals surface area contributed by atoms with Crippen LogP contribution in [0.15, 0.2) is 79.0 Å². The molecule has 2 N–H and O–H groups in total. The Bertz CT molecular complexity index is 1420. The SMILES string of the molecule is COc1ccc(N(C(=O)Cc2c[nH]c3ccccc23)[C@H](C(=O)NC2CCCCC2)c2cccc(OC)c2)cc1. The Morgan fingerprint density at radius 3 is 2.41 bits per heavy atom. The number of aromatic nitrogens is 1. The summed E-state index contributed by atoms with van der Waals surface area (Å²) in [5.74, 6) is 0.920. The maximum atomic E-state index is 14.2. The lowest BCUT2D eigenvalue weighted by molar-refractivity contribution is -0.127. The molecule has 1 fully saturated rings. The molecule has 1 aromatic heterocycles. The second-order valence-electron chi connectivity index (χ2n) is 10.0. The van der Waals surface area contributed by atoms with Crippen LogP contribution in [0.5, 0.6) is 11.5 Å². The van der Waals surface area contributed by atoms with Crippen LogP contribution in [0.25, 0.3) is 10.9 Å². The summed E-state index contributed by atoms with van der Waals surface area (Å²) in [6.07, 6.45) is 7.27. The van der Waals surface area contributed by atoms with E-state index in [4.69, 9.17) is 9.47 Å². The molecule has 5 rings (SSSR count). The lowest BCUT2D eigenvalue weighted by atomic mass is 9.94. The van der Waals surface area contributed by atoms with E-state index in [2.05, 4.69) is 10.3 Å². The van der Waals surface area contributed by atoms with Crippen LogP contribution >= 0.6 is 0 Å². The van der Waals surface area contributed by atoms with Gasteiger partial charge in [-0.1, -0.05) is 49.6 Å². The molecule has 39 heavy (non-hydrogen) atoms. The number of H-pyrrole nitrogens is 1. The molecule has 202 valence electrons. The van der Waals surface area contributed by atoms with Gasteiger partial charge >= 0.3 is 0 Å². The number of ether oxygens (including phenoxy) is 2. The normalized spacial score (nSPS) is 14.5. The Balaban J connectivity index is 1.57. The Morgan fingerprint density at radius 1 is 0.923 bits per heavy atom. The molecule has 4 aromatic rings. The number of carbonyl (C=O) groups excluding carboxylic acids is 2. The number of nitrogens with zero attached hydrogens (tertiary/aromatic N) is 1. The van der Waals surface area contributed by atoms with E-state index < -0.39 is 6.04 Å². The van der Waals surface area contributed by atoms with Crippen LogP contribution in [0, 0.1) is 0 Å². The van der Waals surface area contributed by atoms with Crippen LogP contribution in [-0.2, 0) is 16.0 Å². The van der Waals surface area contributed by atoms with Crippen molar-refractivity contribution in [2.75, 3.05) is 19.1 Å². The van der Waals surface area contributed by atoms with Gasteiger partial charge in [-0.3, -0.25) is 14.5 Å². The monoisotopic (exact) mass is 525 g/mol. The standard InChI is InChI=1S/C32H35N3O4/c1-38-26-17-15-25(16-18-26)35(30(36)20-23-21-33-29-14-7-6-13-28(23)29)31(22-9-8-12-27(19-22)39-2)32(37)34-24-10-4-3-5-11-24/h6-9,12-19,21,24,31,33H,3-5,10-11,20H2,1-2H3,(H,34,37)/t31-/m0/s1. The number of amides is 2. The first kappa shape index (κ1) is 26.4. The largest absolute Gasteiger partial charge is 0.497 e. The van der Waals surface area contributed by atoms with Crippen molar-refractivity contribution in [2.24, 2.45) is 0 Å². The van der Waals surface area contributed by atoms with Crippen molar-refractivity contribution in [1.82, 2.24) is 10.3 Å². The van der Waals surface area contributed by atoms with Gasteiger partial charge in [-0.15, -0.1) is 0 Å². The summed E-state index contributed by atoms with van der Waals surface area (Å²) in [7, 11) is 3.20. The summed E-state index contributed by atoms with van der Waals surface area (Å²) in [6, 6.07) is 21.8. The first-order chi connectivity index (χ1) is 19.1. The van der Waals surface area contributed by atoms with Crippen LogP contribution in [0.3, 0.4) is 0 Å². The Hall–Kier alpha value is -4.26. The van der Waals surface area contributed by atoms with E-state index in [0.29, 0.717) is 22.7 Å². The molecule has 0 bridgehead atoms. The lowest BCUT2D eigenvalue weighted by Crippen LogP contribution is -2.47. The minimum Gasteiger partial charge on any atom is -0.497 e. The van der Waals surface area contributed by atoms with Crippen molar-refractivity contribution in [3.05, 3.63) is 90.1 Å². The van der Waals surface area contributed by atoms with Gasteiger partial charge < -0.3 is 19.8 Å². The summed E-state index contributed by atoms with van der Waals surface area (Å²) < 4.78 is 10.9. The summed E-state index contributed by atoms with van der Waals surface area (Å²) in [6.45, 7) is 0. The topological polar surface area (TPSA) is 83.7 Å². The molecule has 0 unspecified atom stereocenters. The highest BCUT2D eigenvalue weighted by molar-refractivity contribution is 6.03. The van der Waals surface area contributed by atoms with Crippen molar-refractivity contribution in [2.45, 2.75) is 50.6 Å². The number of hydrogen-bond acceptors (Lipinski definition) is 4. The van der Waals surface area contributed by atoms with Crippen LogP contribution < -0.4 is 19.7 Å². The van der Waals surface area contributed by atoms with Gasteiger partial charge in [0, 0.05) is 28.8 Å². The number of para-hydroxylation sites is 1. The predicted octanol–water partition coefficient (Wildman–Crippen LogP) is 5.95. The van der Waals surface area contributed by atoms with E-state index >= 15 is 0 Å². The first-order valence-electron chi connectivity index (χ1n) is 13.5. The van der Waals surface area contributed by atoms with Gasteiger partial charge in [-0.2, -0.15) is 0 Å². The highest BCUT2D eigenvalue weighted by atomic mass is 16.5. The van der Waals surface area contributed by atoms with Gasteiger partial charge in [-0.25, -0.2) is 0 Å². The number of carbonyl (C=O) groups is 2. The molecule has 3 aromatic carbocycles. The molecule has 0 aliphatic heterocycles. The van der Waals surface area contributed by atoms with E-state index in [-0.39, 0.29) is 24.3 Å². The van der Waals surface area contributed by atoms with Gasteiger partial charge in [0.1, 0.15) is 17.5 Å². The molecule has 1 saturated carbocycles. The predicted molar refractivity (Wildman–Crippen MR) is 153 cm³/mol. The average Bonchev–Trinajstić information content (AvgIpc) is 3.39. The smallest absolute Gasteiger partial charge is 0.248 e. The molecule has 0 saturated heterocycles. The van der Waals surface area contributed by atoms with E-state index in [9.17, 15) is 9.59 Å². The lowest BCUT2D eigenvalue weighted by Gasteiger charge is -2.33. The van der Waals surface area contributed by atoms with Crippen molar-refractivity contribution in [3.8, 4) is 11.5 Å². The number of nitrogens with one attached hydrogen (secondary N) is 2. The second kappa shape index (κ2) is 12.1. The molecule has 1 aliphatic rings. The van der Waals surface area contributed by atoms with Gasteiger partial charge in [-0.05, 0) is 66.4 Å². The number of benzene rings is 3. The van der Waals surface area contributed by atoms with Crippen LogP contribution in [0.2, 0.25) is 0 Å². The summed E-state index contributed by atoms with van der Waals surface area (Å²) in [5.41, 5.74) is 3.15. The molecule has 1 aliphatic carbocycles. The maximum Gasteiger partial charge on any atom is 0.248 e. The zero-order valence-electron chi connectivity index (χ0n) is 22.5. The Labute approximate surface area is 229 Å². The number of hydrogen-bond donors (Lipinski definition) is 2. The number of fused-ring (bicyclic) bond motifs is 1. The molecular formula is C32H35N3O4. The van der Waals surface area contributed by atoms with Crippen molar-refractivity contribution in [1.29, 1.82) is 0 Å².